The first-order chi connectivity index (χ1) is 12.1. The van der Waals surface area contributed by atoms with Gasteiger partial charge in [0, 0.05) is 29.2 Å². The third-order valence-electron chi connectivity index (χ3n) is 5.70. The van der Waals surface area contributed by atoms with Crippen molar-refractivity contribution in [2.45, 2.75) is 57.7 Å². The van der Waals surface area contributed by atoms with Crippen molar-refractivity contribution in [3.8, 4) is 10.6 Å². The lowest BCUT2D eigenvalue weighted by Crippen LogP contribution is -2.41. The molecule has 3 unspecified atom stereocenters. The first-order valence-electron chi connectivity index (χ1n) is 9.12. The van der Waals surface area contributed by atoms with E-state index in [9.17, 15) is 9.90 Å². The average Bonchev–Trinajstić information content (AvgIpc) is 3.21. The second kappa shape index (κ2) is 6.89. The van der Waals surface area contributed by atoms with Crippen molar-refractivity contribution in [3.05, 3.63) is 40.9 Å². The number of aryl methyl sites for hydroxylation is 1. The minimum Gasteiger partial charge on any atom is -0.480 e. The molecule has 25 heavy (non-hydrogen) atoms. The molecule has 0 amide bonds. The molecule has 4 nitrogen and oxygen atoms in total. The predicted octanol–water partition coefficient (Wildman–Crippen LogP) is 4.34. The van der Waals surface area contributed by atoms with Crippen LogP contribution in [0, 0.1) is 12.8 Å². The zero-order chi connectivity index (χ0) is 17.4. The Morgan fingerprint density at radius 1 is 1.28 bits per heavy atom. The van der Waals surface area contributed by atoms with Gasteiger partial charge in [-0.15, -0.1) is 11.3 Å². The maximum absolute atomic E-state index is 11.8. The first kappa shape index (κ1) is 16.7. The van der Waals surface area contributed by atoms with Gasteiger partial charge in [-0.2, -0.15) is 0 Å². The summed E-state index contributed by atoms with van der Waals surface area (Å²) in [7, 11) is 0. The fourth-order valence-corrected chi connectivity index (χ4v) is 5.34. The van der Waals surface area contributed by atoms with Gasteiger partial charge in [0.05, 0.1) is 0 Å². The Morgan fingerprint density at radius 2 is 2.04 bits per heavy atom. The van der Waals surface area contributed by atoms with Crippen LogP contribution in [0.4, 0.5) is 0 Å². The predicted molar refractivity (Wildman–Crippen MR) is 99.6 cm³/mol. The number of hydrogen-bond donors (Lipinski definition) is 1. The Kier molecular flexibility index (Phi) is 4.61. The summed E-state index contributed by atoms with van der Waals surface area (Å²) in [5.41, 5.74) is 2.37. The molecule has 1 saturated carbocycles. The molecule has 3 atom stereocenters. The van der Waals surface area contributed by atoms with Gasteiger partial charge < -0.3 is 5.11 Å². The van der Waals surface area contributed by atoms with Crippen molar-refractivity contribution in [2.75, 3.05) is 0 Å². The highest BCUT2D eigenvalue weighted by molar-refractivity contribution is 7.15. The molecule has 2 fully saturated rings. The van der Waals surface area contributed by atoms with Crippen LogP contribution in [0.2, 0.25) is 0 Å². The van der Waals surface area contributed by atoms with Gasteiger partial charge in [0.25, 0.3) is 0 Å². The number of thiazole rings is 1. The maximum Gasteiger partial charge on any atom is 0.320 e. The van der Waals surface area contributed by atoms with E-state index >= 15 is 0 Å². The third kappa shape index (κ3) is 3.35. The van der Waals surface area contributed by atoms with Gasteiger partial charge in [0.15, 0.2) is 0 Å². The zero-order valence-electron chi connectivity index (χ0n) is 14.5. The van der Waals surface area contributed by atoms with Gasteiger partial charge in [-0.25, -0.2) is 4.98 Å². The van der Waals surface area contributed by atoms with Crippen molar-refractivity contribution >= 4 is 17.3 Å². The summed E-state index contributed by atoms with van der Waals surface area (Å²) < 4.78 is 0. The largest absolute Gasteiger partial charge is 0.480 e. The molecule has 5 heteroatoms. The molecule has 2 heterocycles. The van der Waals surface area contributed by atoms with Crippen LogP contribution in [0.5, 0.6) is 0 Å². The number of nitrogens with zero attached hydrogens (tertiary/aromatic N) is 2. The number of carboxylic acid groups (broad SMARTS) is 1. The maximum atomic E-state index is 11.8. The molecule has 1 aromatic heterocycles. The summed E-state index contributed by atoms with van der Waals surface area (Å²) in [6, 6.07) is 8.50. The minimum absolute atomic E-state index is 0.335. The standard InChI is InChI=1S/C20H24N2O2S/c1-13-6-8-14(9-7-13)19-21-11-16(25-19)12-22-17-5-3-2-4-15(17)10-18(22)20(23)24/h6-9,11,15,17-18H,2-5,10,12H2,1H3,(H,23,24). The highest BCUT2D eigenvalue weighted by atomic mass is 32.1. The van der Waals surface area contributed by atoms with E-state index in [2.05, 4.69) is 41.1 Å². The highest BCUT2D eigenvalue weighted by Gasteiger charge is 2.45. The van der Waals surface area contributed by atoms with Gasteiger partial charge >= 0.3 is 5.97 Å². The minimum atomic E-state index is -0.669. The second-order valence-corrected chi connectivity index (χ2v) is 8.49. The van der Waals surface area contributed by atoms with Crippen molar-refractivity contribution in [2.24, 2.45) is 5.92 Å². The van der Waals surface area contributed by atoms with E-state index < -0.39 is 5.97 Å². The normalized spacial score (nSPS) is 26.5. The number of aliphatic carboxylic acids is 1. The van der Waals surface area contributed by atoms with Crippen LogP contribution in [-0.4, -0.2) is 33.0 Å². The number of rotatable bonds is 4. The number of likely N-dealkylation sites (tertiary alicyclic amines) is 1. The number of fused-ring (bicyclic) bond motifs is 1. The summed E-state index contributed by atoms with van der Waals surface area (Å²) in [5, 5.41) is 10.7. The molecular weight excluding hydrogens is 332 g/mol. The highest BCUT2D eigenvalue weighted by Crippen LogP contribution is 2.41. The van der Waals surface area contributed by atoms with Crippen molar-refractivity contribution in [3.63, 3.8) is 0 Å². The van der Waals surface area contributed by atoms with Gasteiger partial charge in [0.2, 0.25) is 0 Å². The monoisotopic (exact) mass is 356 g/mol. The Bertz CT molecular complexity index is 755. The van der Waals surface area contributed by atoms with Gasteiger partial charge in [-0.05, 0) is 32.1 Å². The molecule has 1 aromatic carbocycles. The Hall–Kier alpha value is -1.72. The van der Waals surface area contributed by atoms with Gasteiger partial charge in [-0.3, -0.25) is 9.69 Å². The average molecular weight is 356 g/mol. The molecule has 132 valence electrons. The fraction of sp³-hybridized carbons (Fsp3) is 0.500. The van der Waals surface area contributed by atoms with E-state index in [-0.39, 0.29) is 6.04 Å². The van der Waals surface area contributed by atoms with Crippen molar-refractivity contribution in [1.82, 2.24) is 9.88 Å². The topological polar surface area (TPSA) is 53.4 Å². The van der Waals surface area contributed by atoms with E-state index in [0.717, 1.165) is 28.3 Å². The van der Waals surface area contributed by atoms with Crippen LogP contribution in [0.15, 0.2) is 30.5 Å². The van der Waals surface area contributed by atoms with Crippen molar-refractivity contribution in [1.29, 1.82) is 0 Å². The number of aromatic nitrogens is 1. The van der Waals surface area contributed by atoms with Crippen LogP contribution < -0.4 is 0 Å². The van der Waals surface area contributed by atoms with Crippen LogP contribution in [0.25, 0.3) is 10.6 Å². The molecule has 1 saturated heterocycles. The van der Waals surface area contributed by atoms with E-state index in [1.807, 2.05) is 6.20 Å². The summed E-state index contributed by atoms with van der Waals surface area (Å²) in [4.78, 5) is 19.7. The SMILES string of the molecule is Cc1ccc(-c2ncc(CN3C(C(=O)O)CC4CCCCC43)s2)cc1. The Morgan fingerprint density at radius 3 is 2.80 bits per heavy atom. The zero-order valence-corrected chi connectivity index (χ0v) is 15.3. The van der Waals surface area contributed by atoms with Crippen LogP contribution in [0.1, 0.15) is 42.5 Å². The Balaban J connectivity index is 1.54. The Labute approximate surface area is 152 Å². The lowest BCUT2D eigenvalue weighted by molar-refractivity contribution is -0.142. The number of carbonyl (C=O) groups is 1. The molecular formula is C20H24N2O2S. The number of benzene rings is 1. The molecule has 1 N–H and O–H groups in total. The van der Waals surface area contributed by atoms with E-state index in [1.54, 1.807) is 11.3 Å². The molecule has 1 aliphatic heterocycles. The molecule has 1 aliphatic carbocycles. The molecule has 0 spiro atoms. The van der Waals surface area contributed by atoms with Crippen LogP contribution >= 0.6 is 11.3 Å². The third-order valence-corrected chi connectivity index (χ3v) is 6.73. The lowest BCUT2D eigenvalue weighted by Gasteiger charge is -2.32. The number of carboxylic acids is 1. The summed E-state index contributed by atoms with van der Waals surface area (Å²) in [6.07, 6.45) is 7.53. The smallest absolute Gasteiger partial charge is 0.320 e. The first-order valence-corrected chi connectivity index (χ1v) is 9.94. The van der Waals surface area contributed by atoms with E-state index in [4.69, 9.17) is 0 Å². The fourth-order valence-electron chi connectivity index (χ4n) is 4.41. The summed E-state index contributed by atoms with van der Waals surface area (Å²) in [6.45, 7) is 2.79. The second-order valence-electron chi connectivity index (χ2n) is 7.37. The quantitative estimate of drug-likeness (QED) is 0.885. The van der Waals surface area contributed by atoms with E-state index in [1.165, 1.54) is 24.8 Å². The van der Waals surface area contributed by atoms with Gasteiger partial charge in [0.1, 0.15) is 11.0 Å². The molecule has 0 bridgehead atoms. The van der Waals surface area contributed by atoms with E-state index in [0.29, 0.717) is 18.5 Å². The lowest BCUT2D eigenvalue weighted by atomic mass is 9.85. The molecule has 4 rings (SSSR count). The van der Waals surface area contributed by atoms with Gasteiger partial charge in [-0.1, -0.05) is 42.7 Å². The summed E-state index contributed by atoms with van der Waals surface area (Å²) >= 11 is 1.69. The summed E-state index contributed by atoms with van der Waals surface area (Å²) in [5.74, 6) is -0.114. The van der Waals surface area contributed by atoms with Crippen LogP contribution in [0.3, 0.4) is 0 Å². The molecule has 2 aliphatic rings. The molecule has 0 radical (unpaired) electrons. The van der Waals surface area contributed by atoms with Crippen molar-refractivity contribution < 1.29 is 9.90 Å². The molecule has 2 aromatic rings. The number of hydrogen-bond acceptors (Lipinski definition) is 4. The van der Waals surface area contributed by atoms with Crippen LogP contribution in [-0.2, 0) is 11.3 Å².